The van der Waals surface area contributed by atoms with E-state index in [4.69, 9.17) is 9.72 Å². The van der Waals surface area contributed by atoms with Gasteiger partial charge in [0, 0.05) is 30.3 Å². The van der Waals surface area contributed by atoms with Crippen molar-refractivity contribution in [2.75, 3.05) is 25.0 Å². The minimum absolute atomic E-state index is 0.00148. The van der Waals surface area contributed by atoms with Crippen molar-refractivity contribution in [1.29, 1.82) is 0 Å². The van der Waals surface area contributed by atoms with Gasteiger partial charge in [0.1, 0.15) is 11.6 Å². The Hall–Kier alpha value is -2.96. The Morgan fingerprint density at radius 2 is 2.21 bits per heavy atom. The number of fused-ring (bicyclic) bond motifs is 3. The molecule has 144 valence electrons. The summed E-state index contributed by atoms with van der Waals surface area (Å²) >= 11 is 0. The van der Waals surface area contributed by atoms with E-state index in [1.807, 2.05) is 18.0 Å². The molecule has 2 aliphatic heterocycles. The monoisotopic (exact) mass is 378 g/mol. The molecule has 1 saturated heterocycles. The molecular formula is C21H22N4O3. The zero-order chi connectivity index (χ0) is 19.3. The van der Waals surface area contributed by atoms with Crippen LogP contribution in [-0.2, 0) is 16.6 Å². The van der Waals surface area contributed by atoms with Crippen molar-refractivity contribution in [2.45, 2.75) is 38.0 Å². The molecule has 2 amide bonds. The van der Waals surface area contributed by atoms with Crippen molar-refractivity contribution in [1.82, 2.24) is 14.9 Å². The number of amides is 2. The van der Waals surface area contributed by atoms with Gasteiger partial charge in [-0.2, -0.15) is 0 Å². The molecular weight excluding hydrogens is 356 g/mol. The van der Waals surface area contributed by atoms with Gasteiger partial charge in [-0.1, -0.05) is 0 Å². The Kier molecular flexibility index (Phi) is 3.86. The number of carbonyl (C=O) groups is 2. The highest BCUT2D eigenvalue weighted by molar-refractivity contribution is 5.99. The van der Waals surface area contributed by atoms with E-state index < -0.39 is 0 Å². The number of aryl methyl sites for hydroxylation is 2. The van der Waals surface area contributed by atoms with Crippen LogP contribution >= 0.6 is 0 Å². The first kappa shape index (κ1) is 17.2. The number of anilines is 1. The Morgan fingerprint density at radius 1 is 1.32 bits per heavy atom. The molecule has 1 aromatic carbocycles. The van der Waals surface area contributed by atoms with Crippen LogP contribution in [-0.4, -0.2) is 46.4 Å². The summed E-state index contributed by atoms with van der Waals surface area (Å²) in [7, 11) is 0. The van der Waals surface area contributed by atoms with E-state index in [-0.39, 0.29) is 23.8 Å². The van der Waals surface area contributed by atoms with Crippen LogP contribution in [0.1, 0.15) is 46.7 Å². The van der Waals surface area contributed by atoms with Gasteiger partial charge < -0.3 is 15.0 Å². The summed E-state index contributed by atoms with van der Waals surface area (Å²) < 4.78 is 5.47. The molecule has 7 nitrogen and oxygen atoms in total. The fraction of sp³-hybridized carbons (Fsp3) is 0.429. The van der Waals surface area contributed by atoms with Crippen LogP contribution < -0.4 is 10.1 Å². The van der Waals surface area contributed by atoms with E-state index >= 15 is 0 Å². The standard InChI is InChI=1S/C21H22N4O3/c1-13-22-10-15-5-7-21(19(15)23-13)6-2-8-25(12-21)20(27)14-3-4-16-17(9-14)28-11-18(26)24-16/h3-4,9-10H,2,5-8,11-12H2,1H3,(H,24,26). The molecule has 0 radical (unpaired) electrons. The van der Waals surface area contributed by atoms with Crippen LogP contribution in [0.4, 0.5) is 5.69 Å². The third-order valence-electron chi connectivity index (χ3n) is 6.09. The molecule has 1 spiro atoms. The maximum atomic E-state index is 13.2. The Morgan fingerprint density at radius 3 is 3.11 bits per heavy atom. The number of carbonyl (C=O) groups excluding carboxylic acids is 2. The van der Waals surface area contributed by atoms with Gasteiger partial charge >= 0.3 is 0 Å². The summed E-state index contributed by atoms with van der Waals surface area (Å²) in [5.41, 5.74) is 3.49. The van der Waals surface area contributed by atoms with E-state index in [0.717, 1.165) is 43.7 Å². The Bertz CT molecular complexity index is 986. The fourth-order valence-electron chi connectivity index (χ4n) is 4.72. The first-order chi connectivity index (χ1) is 13.5. The van der Waals surface area contributed by atoms with Crippen LogP contribution in [0, 0.1) is 6.92 Å². The second-order valence-electron chi connectivity index (χ2n) is 7.95. The lowest BCUT2D eigenvalue weighted by Crippen LogP contribution is -2.48. The van der Waals surface area contributed by atoms with Crippen LogP contribution in [0.5, 0.6) is 5.75 Å². The molecule has 1 aliphatic carbocycles. The maximum Gasteiger partial charge on any atom is 0.262 e. The van der Waals surface area contributed by atoms with E-state index in [0.29, 0.717) is 23.5 Å². The minimum atomic E-state index is -0.179. The second-order valence-corrected chi connectivity index (χ2v) is 7.95. The quantitative estimate of drug-likeness (QED) is 0.823. The van der Waals surface area contributed by atoms with Crippen molar-refractivity contribution in [3.05, 3.63) is 47.0 Å². The molecule has 3 aliphatic rings. The smallest absolute Gasteiger partial charge is 0.262 e. The predicted molar refractivity (Wildman–Crippen MR) is 102 cm³/mol. The van der Waals surface area contributed by atoms with Gasteiger partial charge in [0.25, 0.3) is 11.8 Å². The van der Waals surface area contributed by atoms with Gasteiger partial charge in [-0.15, -0.1) is 0 Å². The lowest BCUT2D eigenvalue weighted by atomic mass is 9.77. The predicted octanol–water partition coefficient (Wildman–Crippen LogP) is 2.24. The largest absolute Gasteiger partial charge is 0.482 e. The molecule has 1 unspecified atom stereocenters. The number of nitrogens with one attached hydrogen (secondary N) is 1. The molecule has 1 atom stereocenters. The zero-order valence-corrected chi connectivity index (χ0v) is 15.8. The molecule has 1 aromatic heterocycles. The molecule has 1 fully saturated rings. The molecule has 0 bridgehead atoms. The number of likely N-dealkylation sites (tertiary alicyclic amines) is 1. The van der Waals surface area contributed by atoms with Gasteiger partial charge in [-0.05, 0) is 56.4 Å². The summed E-state index contributed by atoms with van der Waals surface area (Å²) in [6.45, 7) is 3.33. The SMILES string of the molecule is Cc1ncc2c(n1)C1(CCCN(C(=O)c3ccc4c(c3)OCC(=O)N4)C1)CC2. The number of ether oxygens (including phenoxy) is 1. The number of aromatic nitrogens is 2. The molecule has 2 aromatic rings. The van der Waals surface area contributed by atoms with E-state index in [1.54, 1.807) is 18.2 Å². The summed E-state index contributed by atoms with van der Waals surface area (Å²) in [4.78, 5) is 35.7. The zero-order valence-electron chi connectivity index (χ0n) is 15.8. The topological polar surface area (TPSA) is 84.4 Å². The molecule has 7 heteroatoms. The third-order valence-corrected chi connectivity index (χ3v) is 6.09. The van der Waals surface area contributed by atoms with Crippen LogP contribution in [0.3, 0.4) is 0 Å². The van der Waals surface area contributed by atoms with Crippen molar-refractivity contribution in [2.24, 2.45) is 0 Å². The minimum Gasteiger partial charge on any atom is -0.482 e. The molecule has 5 rings (SSSR count). The average Bonchev–Trinajstić information content (AvgIpc) is 3.04. The number of nitrogens with zero attached hydrogens (tertiary/aromatic N) is 3. The average molecular weight is 378 g/mol. The lowest BCUT2D eigenvalue weighted by molar-refractivity contribution is -0.118. The van der Waals surface area contributed by atoms with E-state index in [9.17, 15) is 9.59 Å². The van der Waals surface area contributed by atoms with Crippen LogP contribution in [0.25, 0.3) is 0 Å². The normalized spacial score (nSPS) is 23.0. The summed E-state index contributed by atoms with van der Waals surface area (Å²) in [5, 5.41) is 2.76. The Labute approximate surface area is 163 Å². The van der Waals surface area contributed by atoms with E-state index in [2.05, 4.69) is 10.3 Å². The van der Waals surface area contributed by atoms with Crippen molar-refractivity contribution < 1.29 is 14.3 Å². The summed E-state index contributed by atoms with van der Waals surface area (Å²) in [6.07, 6.45) is 5.96. The fourth-order valence-corrected chi connectivity index (χ4v) is 4.72. The number of hydrogen-bond acceptors (Lipinski definition) is 5. The number of benzene rings is 1. The second kappa shape index (κ2) is 6.29. The molecule has 3 heterocycles. The number of hydrogen-bond donors (Lipinski definition) is 1. The van der Waals surface area contributed by atoms with Crippen molar-refractivity contribution in [3.8, 4) is 5.75 Å². The van der Waals surface area contributed by atoms with Crippen molar-refractivity contribution >= 4 is 17.5 Å². The number of piperidine rings is 1. The first-order valence-corrected chi connectivity index (χ1v) is 9.73. The molecule has 0 saturated carbocycles. The maximum absolute atomic E-state index is 13.2. The summed E-state index contributed by atoms with van der Waals surface area (Å²) in [5.74, 6) is 1.16. The van der Waals surface area contributed by atoms with Gasteiger partial charge in [0.2, 0.25) is 0 Å². The highest BCUT2D eigenvalue weighted by Gasteiger charge is 2.44. The van der Waals surface area contributed by atoms with E-state index in [1.165, 1.54) is 5.56 Å². The summed E-state index contributed by atoms with van der Waals surface area (Å²) in [6, 6.07) is 5.22. The molecule has 28 heavy (non-hydrogen) atoms. The molecule has 1 N–H and O–H groups in total. The van der Waals surface area contributed by atoms with Gasteiger partial charge in [-0.3, -0.25) is 9.59 Å². The van der Waals surface area contributed by atoms with Gasteiger partial charge in [0.15, 0.2) is 6.61 Å². The number of rotatable bonds is 1. The third kappa shape index (κ3) is 2.73. The highest BCUT2D eigenvalue weighted by atomic mass is 16.5. The first-order valence-electron chi connectivity index (χ1n) is 9.73. The Balaban J connectivity index is 1.41. The van der Waals surface area contributed by atoms with Crippen molar-refractivity contribution in [3.63, 3.8) is 0 Å². The van der Waals surface area contributed by atoms with Crippen LogP contribution in [0.15, 0.2) is 24.4 Å². The van der Waals surface area contributed by atoms with Crippen LogP contribution in [0.2, 0.25) is 0 Å². The van der Waals surface area contributed by atoms with Gasteiger partial charge in [0.05, 0.1) is 11.4 Å². The van der Waals surface area contributed by atoms with Gasteiger partial charge in [-0.25, -0.2) is 9.97 Å². The highest BCUT2D eigenvalue weighted by Crippen LogP contribution is 2.44. The lowest BCUT2D eigenvalue weighted by Gasteiger charge is -2.40.